The molecule has 2 aliphatic heterocycles. The van der Waals surface area contributed by atoms with Crippen molar-refractivity contribution in [2.45, 2.75) is 12.1 Å². The van der Waals surface area contributed by atoms with Crippen LogP contribution in [0.5, 0.6) is 11.5 Å². The van der Waals surface area contributed by atoms with E-state index in [0.29, 0.717) is 28.1 Å². The molecule has 0 aliphatic carbocycles. The van der Waals surface area contributed by atoms with E-state index in [4.69, 9.17) is 26.1 Å². The van der Waals surface area contributed by atoms with Gasteiger partial charge in [0, 0.05) is 35.6 Å². The third kappa shape index (κ3) is 3.73. The molecule has 35 heavy (non-hydrogen) atoms. The molecule has 2 aromatic heterocycles. The fraction of sp³-hybridized carbons (Fsp3) is 0.120. The Bertz CT molecular complexity index is 1420. The van der Waals surface area contributed by atoms with E-state index >= 15 is 0 Å². The molecular weight excluding hydrogens is 468 g/mol. The van der Waals surface area contributed by atoms with Crippen molar-refractivity contribution in [1.29, 1.82) is 0 Å². The van der Waals surface area contributed by atoms with Crippen molar-refractivity contribution in [1.82, 2.24) is 10.3 Å². The molecule has 0 bridgehead atoms. The van der Waals surface area contributed by atoms with E-state index in [-0.39, 0.29) is 24.6 Å². The van der Waals surface area contributed by atoms with Gasteiger partial charge in [0.2, 0.25) is 6.79 Å². The third-order valence-electron chi connectivity index (χ3n) is 6.01. The molecule has 9 nitrogen and oxygen atoms in total. The molecule has 2 aromatic carbocycles. The number of fused-ring (bicyclic) bond motifs is 1. The van der Waals surface area contributed by atoms with Crippen molar-refractivity contribution >= 4 is 28.7 Å². The Labute approximate surface area is 205 Å². The molecule has 4 heterocycles. The molecule has 0 spiro atoms. The summed E-state index contributed by atoms with van der Waals surface area (Å²) in [6.45, 7) is 0.179. The van der Waals surface area contributed by atoms with Crippen LogP contribution in [0.15, 0.2) is 83.4 Å². The van der Waals surface area contributed by atoms with Crippen LogP contribution in [-0.4, -0.2) is 21.8 Å². The molecule has 0 saturated carbocycles. The number of nitrogens with zero attached hydrogens (tertiary/aromatic N) is 3. The SMILES string of the molecule is O=[N+]([O-])c1ccc(-c2ccc([C@H]3[C@H](c4ccccn4)NC(=S)N3c3ccc4c(c3)OCO4)o2)cc1. The van der Waals surface area contributed by atoms with Gasteiger partial charge in [-0.2, -0.15) is 0 Å². The predicted molar refractivity (Wildman–Crippen MR) is 131 cm³/mol. The van der Waals surface area contributed by atoms with E-state index in [9.17, 15) is 10.1 Å². The molecular formula is C25H18N4O5S. The lowest BCUT2D eigenvalue weighted by Gasteiger charge is -2.26. The number of furan rings is 1. The summed E-state index contributed by atoms with van der Waals surface area (Å²) in [6, 6.07) is 20.8. The van der Waals surface area contributed by atoms with Crippen LogP contribution in [-0.2, 0) is 0 Å². The van der Waals surface area contributed by atoms with Crippen molar-refractivity contribution in [2.24, 2.45) is 0 Å². The van der Waals surface area contributed by atoms with Crippen molar-refractivity contribution in [2.75, 3.05) is 11.7 Å². The molecule has 0 amide bonds. The molecule has 0 unspecified atom stereocenters. The Morgan fingerprint density at radius 1 is 1.03 bits per heavy atom. The number of hydrogen-bond acceptors (Lipinski definition) is 7. The van der Waals surface area contributed by atoms with Gasteiger partial charge in [-0.1, -0.05) is 6.07 Å². The number of thiocarbonyl (C=S) groups is 1. The Morgan fingerprint density at radius 2 is 1.86 bits per heavy atom. The van der Waals surface area contributed by atoms with Gasteiger partial charge in [-0.3, -0.25) is 15.1 Å². The van der Waals surface area contributed by atoms with Crippen LogP contribution in [0, 0.1) is 10.1 Å². The molecule has 2 aliphatic rings. The van der Waals surface area contributed by atoms with Gasteiger partial charge < -0.3 is 24.1 Å². The van der Waals surface area contributed by atoms with Crippen molar-refractivity contribution in [3.05, 3.63) is 101 Å². The van der Waals surface area contributed by atoms with Gasteiger partial charge in [0.05, 0.1) is 16.7 Å². The highest BCUT2D eigenvalue weighted by atomic mass is 32.1. The quantitative estimate of drug-likeness (QED) is 0.233. The molecule has 0 radical (unpaired) electrons. The van der Waals surface area contributed by atoms with Gasteiger partial charge in [0.25, 0.3) is 5.69 Å². The van der Waals surface area contributed by atoms with Crippen LogP contribution >= 0.6 is 12.2 Å². The Kier molecular flexibility index (Phi) is 5.07. The van der Waals surface area contributed by atoms with E-state index in [1.165, 1.54) is 12.1 Å². The number of nitrogens with one attached hydrogen (secondary N) is 1. The Hall–Kier alpha value is -4.44. The highest BCUT2D eigenvalue weighted by molar-refractivity contribution is 7.80. The second kappa shape index (κ2) is 8.41. The summed E-state index contributed by atoms with van der Waals surface area (Å²) in [5.41, 5.74) is 2.40. The van der Waals surface area contributed by atoms with Crippen LogP contribution in [0.4, 0.5) is 11.4 Å². The fourth-order valence-corrected chi connectivity index (χ4v) is 4.72. The van der Waals surface area contributed by atoms with E-state index in [1.54, 1.807) is 18.3 Å². The minimum absolute atomic E-state index is 0.0232. The second-order valence-electron chi connectivity index (χ2n) is 8.04. The number of benzene rings is 2. The summed E-state index contributed by atoms with van der Waals surface area (Å²) in [6.07, 6.45) is 1.74. The molecule has 2 atom stereocenters. The normalized spacial score (nSPS) is 18.5. The van der Waals surface area contributed by atoms with E-state index < -0.39 is 4.92 Å². The fourth-order valence-electron chi connectivity index (χ4n) is 4.37. The number of hydrogen-bond donors (Lipinski definition) is 1. The summed E-state index contributed by atoms with van der Waals surface area (Å²) in [5.74, 6) is 2.59. The van der Waals surface area contributed by atoms with Gasteiger partial charge in [-0.15, -0.1) is 0 Å². The first-order chi connectivity index (χ1) is 17.1. The number of aromatic nitrogens is 1. The number of pyridine rings is 1. The van der Waals surface area contributed by atoms with Crippen LogP contribution in [0.1, 0.15) is 23.5 Å². The van der Waals surface area contributed by atoms with Crippen LogP contribution in [0.2, 0.25) is 0 Å². The predicted octanol–water partition coefficient (Wildman–Crippen LogP) is 5.16. The zero-order valence-electron chi connectivity index (χ0n) is 18.2. The minimum atomic E-state index is -0.427. The maximum Gasteiger partial charge on any atom is 0.269 e. The maximum absolute atomic E-state index is 11.0. The molecule has 1 saturated heterocycles. The summed E-state index contributed by atoms with van der Waals surface area (Å²) >= 11 is 5.75. The molecule has 4 aromatic rings. The number of anilines is 1. The van der Waals surface area contributed by atoms with E-state index in [0.717, 1.165) is 16.9 Å². The summed E-state index contributed by atoms with van der Waals surface area (Å²) in [4.78, 5) is 17.1. The monoisotopic (exact) mass is 486 g/mol. The molecule has 1 fully saturated rings. The lowest BCUT2D eigenvalue weighted by molar-refractivity contribution is -0.384. The summed E-state index contributed by atoms with van der Waals surface area (Å²) < 4.78 is 17.3. The van der Waals surface area contributed by atoms with Crippen LogP contribution < -0.4 is 19.7 Å². The summed E-state index contributed by atoms with van der Waals surface area (Å²) in [5, 5.41) is 14.9. The van der Waals surface area contributed by atoms with Crippen LogP contribution in [0.25, 0.3) is 11.3 Å². The number of non-ortho nitro benzene ring substituents is 1. The lowest BCUT2D eigenvalue weighted by Crippen LogP contribution is -2.29. The first kappa shape index (κ1) is 21.1. The van der Waals surface area contributed by atoms with Crippen LogP contribution in [0.3, 0.4) is 0 Å². The minimum Gasteiger partial charge on any atom is -0.459 e. The number of nitro groups is 1. The number of rotatable bonds is 5. The Balaban J connectivity index is 1.41. The molecule has 10 heteroatoms. The van der Waals surface area contributed by atoms with Gasteiger partial charge >= 0.3 is 0 Å². The zero-order valence-corrected chi connectivity index (χ0v) is 19.0. The summed E-state index contributed by atoms with van der Waals surface area (Å²) in [7, 11) is 0. The smallest absolute Gasteiger partial charge is 0.269 e. The first-order valence-electron chi connectivity index (χ1n) is 10.8. The van der Waals surface area contributed by atoms with Gasteiger partial charge in [0.1, 0.15) is 17.6 Å². The first-order valence-corrected chi connectivity index (χ1v) is 11.2. The average molecular weight is 487 g/mol. The van der Waals surface area contributed by atoms with Crippen molar-refractivity contribution < 1.29 is 18.8 Å². The number of nitro benzene ring substituents is 1. The largest absolute Gasteiger partial charge is 0.459 e. The Morgan fingerprint density at radius 3 is 2.63 bits per heavy atom. The third-order valence-corrected chi connectivity index (χ3v) is 6.33. The highest BCUT2D eigenvalue weighted by Gasteiger charge is 2.43. The topological polar surface area (TPSA) is 103 Å². The van der Waals surface area contributed by atoms with Gasteiger partial charge in [-0.25, -0.2) is 0 Å². The lowest BCUT2D eigenvalue weighted by atomic mass is 10.0. The van der Waals surface area contributed by atoms with Gasteiger partial charge in [0.15, 0.2) is 16.6 Å². The standard InChI is InChI=1S/C25H18N4O5S/c30-29(31)16-6-4-15(5-7-16)19-10-11-21(34-19)24-23(18-3-1-2-12-26-18)27-25(35)28(24)17-8-9-20-22(13-17)33-14-32-20/h1-13,23-24H,14H2,(H,27,35)/t23-,24-/m0/s1. The van der Waals surface area contributed by atoms with Crippen molar-refractivity contribution in [3.8, 4) is 22.8 Å². The molecule has 174 valence electrons. The van der Waals surface area contributed by atoms with E-state index in [1.807, 2.05) is 53.4 Å². The van der Waals surface area contributed by atoms with E-state index in [2.05, 4.69) is 10.3 Å². The molecule has 1 N–H and O–H groups in total. The molecule has 6 rings (SSSR count). The highest BCUT2D eigenvalue weighted by Crippen LogP contribution is 2.45. The van der Waals surface area contributed by atoms with Gasteiger partial charge in [-0.05, 0) is 60.7 Å². The number of ether oxygens (including phenoxy) is 2. The maximum atomic E-state index is 11.0. The average Bonchev–Trinajstić information content (AvgIpc) is 3.62. The van der Waals surface area contributed by atoms with Crippen molar-refractivity contribution in [3.63, 3.8) is 0 Å². The second-order valence-corrected chi connectivity index (χ2v) is 8.43. The zero-order chi connectivity index (χ0) is 23.9.